The summed E-state index contributed by atoms with van der Waals surface area (Å²) >= 11 is 0. The minimum Gasteiger partial charge on any atom is -0.475 e. The van der Waals surface area contributed by atoms with Crippen molar-refractivity contribution >= 4 is 0 Å². The summed E-state index contributed by atoms with van der Waals surface area (Å²) in [4.78, 5) is 28.6. The molecule has 3 atom stereocenters. The molecule has 0 aliphatic carbocycles. The van der Waals surface area contributed by atoms with Gasteiger partial charge >= 0.3 is 5.69 Å². The fourth-order valence-electron chi connectivity index (χ4n) is 2.31. The standard InChI is InChI=1S/C14H14FN3O5/c15-8-6-18(14(21)17-13(8)20)12-5-9(19)10(23-12)7-22-11-3-1-2-4-16-11/h1-4,6,9-10,12,19H,5,7H2,(H,17,20,21)/t9?,10-,12-/m0/s1. The van der Waals surface area contributed by atoms with Gasteiger partial charge in [0.2, 0.25) is 11.7 Å². The zero-order valence-corrected chi connectivity index (χ0v) is 11.9. The van der Waals surface area contributed by atoms with Gasteiger partial charge in [-0.15, -0.1) is 0 Å². The summed E-state index contributed by atoms with van der Waals surface area (Å²) in [7, 11) is 0. The summed E-state index contributed by atoms with van der Waals surface area (Å²) in [6.45, 7) is 0.0231. The molecule has 23 heavy (non-hydrogen) atoms. The van der Waals surface area contributed by atoms with Gasteiger partial charge in [-0.05, 0) is 6.07 Å². The predicted octanol–water partition coefficient (Wildman–Crippen LogP) is -0.202. The van der Waals surface area contributed by atoms with Gasteiger partial charge in [0.05, 0.1) is 12.3 Å². The molecule has 0 amide bonds. The molecule has 2 aromatic heterocycles. The van der Waals surface area contributed by atoms with Crippen LogP contribution in [0.15, 0.2) is 40.2 Å². The van der Waals surface area contributed by atoms with Gasteiger partial charge in [0.25, 0.3) is 5.56 Å². The summed E-state index contributed by atoms with van der Waals surface area (Å²) in [5.74, 6) is -0.727. The number of ether oxygens (including phenoxy) is 2. The van der Waals surface area contributed by atoms with Crippen molar-refractivity contribution in [2.24, 2.45) is 0 Å². The molecule has 0 aromatic carbocycles. The summed E-state index contributed by atoms with van der Waals surface area (Å²) in [5.41, 5.74) is -1.90. The van der Waals surface area contributed by atoms with E-state index < -0.39 is 35.5 Å². The molecule has 1 saturated heterocycles. The molecule has 3 heterocycles. The number of hydrogen-bond acceptors (Lipinski definition) is 6. The van der Waals surface area contributed by atoms with E-state index in [4.69, 9.17) is 9.47 Å². The first kappa shape index (κ1) is 15.4. The van der Waals surface area contributed by atoms with Crippen LogP contribution in [0.25, 0.3) is 0 Å². The minimum absolute atomic E-state index is 0.0231. The summed E-state index contributed by atoms with van der Waals surface area (Å²) in [5, 5.41) is 10.0. The highest BCUT2D eigenvalue weighted by molar-refractivity contribution is 5.09. The Morgan fingerprint density at radius 2 is 2.30 bits per heavy atom. The maximum atomic E-state index is 13.3. The van der Waals surface area contributed by atoms with Crippen LogP contribution in [-0.2, 0) is 4.74 Å². The fourth-order valence-corrected chi connectivity index (χ4v) is 2.31. The highest BCUT2D eigenvalue weighted by atomic mass is 19.1. The maximum Gasteiger partial charge on any atom is 0.330 e. The van der Waals surface area contributed by atoms with E-state index in [1.807, 2.05) is 4.98 Å². The molecule has 8 nitrogen and oxygen atoms in total. The Labute approximate surface area is 129 Å². The molecule has 0 spiro atoms. The molecule has 1 unspecified atom stereocenters. The van der Waals surface area contributed by atoms with Crippen LogP contribution >= 0.6 is 0 Å². The van der Waals surface area contributed by atoms with Crippen LogP contribution in [0.2, 0.25) is 0 Å². The van der Waals surface area contributed by atoms with Crippen molar-refractivity contribution in [3.8, 4) is 5.88 Å². The molecule has 3 rings (SSSR count). The zero-order chi connectivity index (χ0) is 16.4. The van der Waals surface area contributed by atoms with Gasteiger partial charge in [-0.3, -0.25) is 14.3 Å². The van der Waals surface area contributed by atoms with Gasteiger partial charge in [0.1, 0.15) is 18.9 Å². The first-order valence-corrected chi connectivity index (χ1v) is 6.93. The van der Waals surface area contributed by atoms with Gasteiger partial charge in [-0.2, -0.15) is 4.39 Å². The van der Waals surface area contributed by atoms with Crippen molar-refractivity contribution in [1.82, 2.24) is 14.5 Å². The van der Waals surface area contributed by atoms with Crippen LogP contribution in [0.4, 0.5) is 4.39 Å². The Balaban J connectivity index is 1.70. The number of aliphatic hydroxyl groups is 1. The molecular formula is C14H14FN3O5. The van der Waals surface area contributed by atoms with E-state index in [0.717, 1.165) is 10.8 Å². The Morgan fingerprint density at radius 1 is 1.48 bits per heavy atom. The number of aromatic nitrogens is 3. The fraction of sp³-hybridized carbons (Fsp3) is 0.357. The summed E-state index contributed by atoms with van der Waals surface area (Å²) in [6, 6.07) is 5.14. The third kappa shape index (κ3) is 3.30. The first-order valence-electron chi connectivity index (χ1n) is 6.93. The lowest BCUT2D eigenvalue weighted by molar-refractivity contribution is -0.0419. The van der Waals surface area contributed by atoms with Crippen molar-refractivity contribution in [1.29, 1.82) is 0 Å². The molecule has 1 fully saturated rings. The molecule has 1 aliphatic heterocycles. The molecule has 122 valence electrons. The highest BCUT2D eigenvalue weighted by Crippen LogP contribution is 2.27. The predicted molar refractivity (Wildman–Crippen MR) is 75.5 cm³/mol. The third-order valence-corrected chi connectivity index (χ3v) is 3.47. The van der Waals surface area contributed by atoms with E-state index in [9.17, 15) is 19.1 Å². The number of rotatable bonds is 4. The van der Waals surface area contributed by atoms with E-state index in [0.29, 0.717) is 5.88 Å². The SMILES string of the molecule is O=c1[nH]c(=O)n([C@@H]2CC(O)[C@H](COc3ccccn3)O2)cc1F. The number of pyridine rings is 1. The normalized spacial score (nSPS) is 23.8. The molecule has 0 radical (unpaired) electrons. The van der Waals surface area contributed by atoms with Gasteiger partial charge in [0, 0.05) is 18.7 Å². The average molecular weight is 323 g/mol. The number of H-pyrrole nitrogens is 1. The monoisotopic (exact) mass is 323 g/mol. The zero-order valence-electron chi connectivity index (χ0n) is 11.9. The quantitative estimate of drug-likeness (QED) is 0.807. The van der Waals surface area contributed by atoms with E-state index >= 15 is 0 Å². The van der Waals surface area contributed by atoms with Gasteiger partial charge in [-0.1, -0.05) is 6.07 Å². The second kappa shape index (κ2) is 6.31. The molecule has 2 N–H and O–H groups in total. The van der Waals surface area contributed by atoms with Crippen LogP contribution < -0.4 is 16.0 Å². The molecular weight excluding hydrogens is 309 g/mol. The molecule has 0 bridgehead atoms. The number of aromatic amines is 1. The van der Waals surface area contributed by atoms with Crippen molar-refractivity contribution in [3.63, 3.8) is 0 Å². The lowest BCUT2D eigenvalue weighted by atomic mass is 10.2. The van der Waals surface area contributed by atoms with Crippen molar-refractivity contribution in [3.05, 3.63) is 57.2 Å². The largest absolute Gasteiger partial charge is 0.475 e. The van der Waals surface area contributed by atoms with Crippen LogP contribution in [0.1, 0.15) is 12.6 Å². The Kier molecular flexibility index (Phi) is 4.22. The van der Waals surface area contributed by atoms with Crippen molar-refractivity contribution in [2.75, 3.05) is 6.61 Å². The summed E-state index contributed by atoms with van der Waals surface area (Å²) in [6.07, 6.45) is -0.0924. The van der Waals surface area contributed by atoms with E-state index in [-0.39, 0.29) is 13.0 Å². The first-order chi connectivity index (χ1) is 11.0. The van der Waals surface area contributed by atoms with Gasteiger partial charge in [0.15, 0.2) is 0 Å². The van der Waals surface area contributed by atoms with E-state index in [1.165, 1.54) is 0 Å². The van der Waals surface area contributed by atoms with Crippen LogP contribution in [0.5, 0.6) is 5.88 Å². The van der Waals surface area contributed by atoms with Gasteiger partial charge in [-0.25, -0.2) is 9.78 Å². The number of hydrogen-bond donors (Lipinski definition) is 2. The number of nitrogens with one attached hydrogen (secondary N) is 1. The van der Waals surface area contributed by atoms with Crippen LogP contribution in [0.3, 0.4) is 0 Å². The second-order valence-electron chi connectivity index (χ2n) is 5.05. The number of aliphatic hydroxyl groups excluding tert-OH is 1. The second-order valence-corrected chi connectivity index (χ2v) is 5.05. The smallest absolute Gasteiger partial charge is 0.330 e. The number of nitrogens with zero attached hydrogens (tertiary/aromatic N) is 2. The van der Waals surface area contributed by atoms with Crippen molar-refractivity contribution in [2.45, 2.75) is 24.9 Å². The van der Waals surface area contributed by atoms with Crippen LogP contribution in [0, 0.1) is 5.82 Å². The minimum atomic E-state index is -1.10. The summed E-state index contributed by atoms with van der Waals surface area (Å²) < 4.78 is 25.2. The third-order valence-electron chi connectivity index (χ3n) is 3.47. The van der Waals surface area contributed by atoms with Crippen LogP contribution in [-0.4, -0.2) is 38.5 Å². The van der Waals surface area contributed by atoms with E-state index in [1.54, 1.807) is 24.4 Å². The molecule has 2 aromatic rings. The number of halogens is 1. The maximum absolute atomic E-state index is 13.3. The average Bonchev–Trinajstić information content (AvgIpc) is 2.91. The Morgan fingerprint density at radius 3 is 3.04 bits per heavy atom. The van der Waals surface area contributed by atoms with Gasteiger partial charge < -0.3 is 14.6 Å². The Bertz CT molecular complexity index is 791. The topological polar surface area (TPSA) is 106 Å². The van der Waals surface area contributed by atoms with Crippen molar-refractivity contribution < 1.29 is 19.0 Å². The lowest BCUT2D eigenvalue weighted by Gasteiger charge is -2.16. The Hall–Kier alpha value is -2.52. The molecule has 1 aliphatic rings. The lowest BCUT2D eigenvalue weighted by Crippen LogP contribution is -2.34. The highest BCUT2D eigenvalue weighted by Gasteiger charge is 2.36. The molecule has 0 saturated carbocycles. The van der Waals surface area contributed by atoms with E-state index in [2.05, 4.69) is 4.98 Å². The molecule has 9 heteroatoms.